The predicted molar refractivity (Wildman–Crippen MR) is 378 cm³/mol. The molecule has 8 bridgehead atoms. The Bertz CT molecular complexity index is 2720. The third kappa shape index (κ3) is 18.0. The first kappa shape index (κ1) is 70.7. The average Bonchev–Trinajstić information content (AvgIpc) is 0.735. The standard InChI is InChI=1S/C78H111Br3O9/c1-6-10-14-18-22-26-30-34-38-42-55-59-46-60-56(43-39-35-31-27-23-19-15-11-7-2)62-48-64-58(45-41-37-33-29-25-21-17-13-9-4)66-49-65-57(44-40-36-32-28-24-20-16-12-8-3)63-47-61(55)73-68(79)75(63)87-52-89-77(65)70(81)78(66)90-53-88-76(64)69(80)74(62)86-51-84-72(60)67(54(5)82)71(59)83-50-85-73/h46-49,55-58H,6-45,50-53H2,1-5H3. The van der Waals surface area contributed by atoms with E-state index in [-0.39, 0.29) is 56.6 Å². The Morgan fingerprint density at radius 1 is 0.289 bits per heavy atom. The Morgan fingerprint density at radius 3 is 0.644 bits per heavy atom. The van der Waals surface area contributed by atoms with Crippen molar-refractivity contribution >= 4 is 53.6 Å². The van der Waals surface area contributed by atoms with Gasteiger partial charge < -0.3 is 37.9 Å². The molecule has 0 saturated carbocycles. The van der Waals surface area contributed by atoms with Gasteiger partial charge in [-0.25, -0.2) is 0 Å². The van der Waals surface area contributed by atoms with Crippen molar-refractivity contribution in [3.8, 4) is 46.0 Å². The van der Waals surface area contributed by atoms with Crippen LogP contribution in [0.4, 0.5) is 0 Å². The minimum absolute atomic E-state index is 0.0184. The third-order valence-corrected chi connectivity index (χ3v) is 22.5. The van der Waals surface area contributed by atoms with Crippen LogP contribution in [-0.4, -0.2) is 33.0 Å². The van der Waals surface area contributed by atoms with Crippen LogP contribution in [0.1, 0.15) is 370 Å². The molecule has 0 spiro atoms. The topological polar surface area (TPSA) is 90.9 Å². The third-order valence-electron chi connectivity index (χ3n) is 20.4. The SMILES string of the molecule is CCCCCCCCCCCC1c2cc3c4c(Br)c2OCOc2c1cc1c(c2Br)OCOc2c(cc5c(c2C(C)=O)OCOc2c(cc(c(c2Br)OCO4)C3CCCCCCCCCCC)C5CCCCCCCCCCC)C1CCCCCCCCCCC. The number of carbonyl (C=O) groups is 1. The van der Waals surface area contributed by atoms with Crippen molar-refractivity contribution in [2.75, 3.05) is 27.2 Å². The zero-order valence-corrected chi connectivity index (χ0v) is 60.8. The Kier molecular flexibility index (Phi) is 29.4. The lowest BCUT2D eigenvalue weighted by Gasteiger charge is -2.36. The van der Waals surface area contributed by atoms with E-state index in [0.29, 0.717) is 17.1 Å². The lowest BCUT2D eigenvalue weighted by molar-refractivity contribution is 0.0906. The van der Waals surface area contributed by atoms with Crippen LogP contribution in [0.3, 0.4) is 0 Å². The fraction of sp³-hybridized carbons (Fsp3) is 0.679. The zero-order chi connectivity index (χ0) is 63.0. The summed E-state index contributed by atoms with van der Waals surface area (Å²) in [7, 11) is 0. The minimum Gasteiger partial charge on any atom is -0.456 e. The average molecular weight is 1430 g/mol. The van der Waals surface area contributed by atoms with Crippen LogP contribution in [0.2, 0.25) is 0 Å². The number of Topliss-reactive ketones (excluding diaryl/α,β-unsaturated/α-hetero) is 1. The normalized spacial score (nSPS) is 17.5. The van der Waals surface area contributed by atoms with Gasteiger partial charge in [0.25, 0.3) is 0 Å². The Labute approximate surface area is 568 Å². The highest BCUT2D eigenvalue weighted by Crippen LogP contribution is 2.60. The summed E-state index contributed by atoms with van der Waals surface area (Å²) in [6.45, 7) is 10.6. The molecule has 0 N–H and O–H groups in total. The largest absolute Gasteiger partial charge is 0.456 e. The molecule has 90 heavy (non-hydrogen) atoms. The summed E-state index contributed by atoms with van der Waals surface area (Å²) in [5, 5.41) is 0. The number of unbranched alkanes of at least 4 members (excludes halogenated alkanes) is 32. The van der Waals surface area contributed by atoms with E-state index in [1.807, 2.05) is 0 Å². The molecule has 0 fully saturated rings. The molecule has 9 nitrogen and oxygen atoms in total. The molecular weight excluding hydrogens is 1320 g/mol. The van der Waals surface area contributed by atoms with Gasteiger partial charge in [-0.1, -0.05) is 259 Å². The maximum absolute atomic E-state index is 14.9. The van der Waals surface area contributed by atoms with Gasteiger partial charge in [0.2, 0.25) is 27.2 Å². The highest BCUT2D eigenvalue weighted by molar-refractivity contribution is 9.11. The van der Waals surface area contributed by atoms with Crippen LogP contribution in [-0.2, 0) is 0 Å². The van der Waals surface area contributed by atoms with Crippen molar-refractivity contribution < 1.29 is 42.7 Å². The van der Waals surface area contributed by atoms with E-state index in [0.717, 1.165) is 169 Å². The van der Waals surface area contributed by atoms with Crippen molar-refractivity contribution in [3.05, 3.63) is 87.8 Å². The highest BCUT2D eigenvalue weighted by Gasteiger charge is 2.41. The first-order valence-corrected chi connectivity index (χ1v) is 38.9. The number of benzene rings is 4. The molecule has 4 unspecified atom stereocenters. The van der Waals surface area contributed by atoms with Crippen LogP contribution in [0, 0.1) is 0 Å². The molecule has 9 rings (SSSR count). The van der Waals surface area contributed by atoms with Gasteiger partial charge in [0, 0.05) is 68.2 Å². The molecule has 0 aromatic heterocycles. The van der Waals surface area contributed by atoms with Gasteiger partial charge in [-0.05, 0) is 105 Å². The van der Waals surface area contributed by atoms with Gasteiger partial charge in [0.15, 0.2) is 5.78 Å². The molecule has 1 aliphatic carbocycles. The van der Waals surface area contributed by atoms with Crippen LogP contribution in [0.5, 0.6) is 46.0 Å². The zero-order valence-electron chi connectivity index (χ0n) is 56.0. The number of ketones is 1. The van der Waals surface area contributed by atoms with Crippen molar-refractivity contribution in [1.29, 1.82) is 0 Å². The lowest BCUT2D eigenvalue weighted by Crippen LogP contribution is -2.24. The van der Waals surface area contributed by atoms with Gasteiger partial charge in [-0.15, -0.1) is 0 Å². The Hall–Kier alpha value is -3.61. The van der Waals surface area contributed by atoms with Gasteiger partial charge in [0.1, 0.15) is 65.0 Å². The molecule has 4 aliphatic heterocycles. The molecule has 12 heteroatoms. The maximum Gasteiger partial charge on any atom is 0.231 e. The summed E-state index contributed by atoms with van der Waals surface area (Å²) < 4.78 is 57.9. The van der Waals surface area contributed by atoms with Crippen molar-refractivity contribution in [2.45, 2.75) is 315 Å². The number of carbonyl (C=O) groups excluding carboxylic acids is 1. The molecule has 0 radical (unpaired) electrons. The van der Waals surface area contributed by atoms with Crippen LogP contribution in [0.15, 0.2) is 37.7 Å². The highest BCUT2D eigenvalue weighted by atomic mass is 79.9. The smallest absolute Gasteiger partial charge is 0.231 e. The first-order chi connectivity index (χ1) is 44.2. The van der Waals surface area contributed by atoms with Gasteiger partial charge >= 0.3 is 0 Å². The summed E-state index contributed by atoms with van der Waals surface area (Å²) in [4.78, 5) is 14.9. The van der Waals surface area contributed by atoms with Crippen molar-refractivity contribution in [1.82, 2.24) is 0 Å². The molecule has 4 heterocycles. The van der Waals surface area contributed by atoms with Gasteiger partial charge in [0.05, 0.1) is 0 Å². The monoisotopic (exact) mass is 1430 g/mol. The lowest BCUT2D eigenvalue weighted by atomic mass is 9.75. The predicted octanol–water partition coefficient (Wildman–Crippen LogP) is 25.6. The Balaban J connectivity index is 1.26. The molecule has 498 valence electrons. The molecule has 0 amide bonds. The fourth-order valence-electron chi connectivity index (χ4n) is 15.4. The number of hydrogen-bond donors (Lipinski definition) is 0. The molecule has 5 aliphatic rings. The number of rotatable bonds is 41. The first-order valence-electron chi connectivity index (χ1n) is 36.5. The van der Waals surface area contributed by atoms with Crippen molar-refractivity contribution in [2.24, 2.45) is 0 Å². The van der Waals surface area contributed by atoms with E-state index in [4.69, 9.17) is 37.9 Å². The van der Waals surface area contributed by atoms with Crippen LogP contribution in [0.25, 0.3) is 0 Å². The van der Waals surface area contributed by atoms with Gasteiger partial charge in [-0.3, -0.25) is 4.79 Å². The summed E-state index contributed by atoms with van der Waals surface area (Å²) in [6.07, 6.45) is 47.8. The maximum atomic E-state index is 14.9. The number of ether oxygens (including phenoxy) is 8. The number of hydrogen-bond acceptors (Lipinski definition) is 9. The summed E-state index contributed by atoms with van der Waals surface area (Å²) >= 11 is 12.7. The van der Waals surface area contributed by atoms with E-state index < -0.39 is 0 Å². The summed E-state index contributed by atoms with van der Waals surface area (Å²) in [5.41, 5.74) is 9.19. The second-order valence-corrected chi connectivity index (χ2v) is 29.4. The summed E-state index contributed by atoms with van der Waals surface area (Å²) in [5.74, 6) is 4.78. The van der Waals surface area contributed by atoms with Crippen LogP contribution < -0.4 is 37.9 Å². The molecule has 4 atom stereocenters. The minimum atomic E-state index is -0.204. The van der Waals surface area contributed by atoms with E-state index >= 15 is 0 Å². The molecule has 0 saturated heterocycles. The van der Waals surface area contributed by atoms with Crippen LogP contribution >= 0.6 is 47.8 Å². The number of halogens is 3. The Morgan fingerprint density at radius 2 is 0.456 bits per heavy atom. The van der Waals surface area contributed by atoms with E-state index in [9.17, 15) is 4.79 Å². The van der Waals surface area contributed by atoms with Gasteiger partial charge in [-0.2, -0.15) is 0 Å². The fourth-order valence-corrected chi connectivity index (χ4v) is 17.4. The molecular formula is C78H111Br3O9. The second-order valence-electron chi connectivity index (χ2n) is 27.0. The molecule has 4 aromatic carbocycles. The van der Waals surface area contributed by atoms with Crippen molar-refractivity contribution in [3.63, 3.8) is 0 Å². The van der Waals surface area contributed by atoms with E-state index in [1.165, 1.54) is 180 Å². The molecule has 4 aromatic rings. The second kappa shape index (κ2) is 37.5. The quantitative estimate of drug-likeness (QED) is 0.0318. The van der Waals surface area contributed by atoms with E-state index in [1.54, 1.807) is 6.92 Å². The van der Waals surface area contributed by atoms with E-state index in [2.05, 4.69) is 99.8 Å². The summed E-state index contributed by atoms with van der Waals surface area (Å²) in [6, 6.07) is 9.77.